The predicted molar refractivity (Wildman–Crippen MR) is 65.3 cm³/mol. The van der Waals surface area contributed by atoms with Gasteiger partial charge in [0, 0.05) is 12.3 Å². The Morgan fingerprint density at radius 1 is 1.27 bits per heavy atom. The average molecular weight is 207 g/mol. The molecule has 0 aromatic heterocycles. The highest BCUT2D eigenvalue weighted by Crippen LogP contribution is 1.98. The van der Waals surface area contributed by atoms with Gasteiger partial charge >= 0.3 is 0 Å². The van der Waals surface area contributed by atoms with Crippen LogP contribution < -0.4 is 5.32 Å². The van der Waals surface area contributed by atoms with Gasteiger partial charge in [0.1, 0.15) is 0 Å². The van der Waals surface area contributed by atoms with Crippen LogP contribution in [0, 0.1) is 5.92 Å². The molecule has 0 aliphatic carbocycles. The average Bonchev–Trinajstić information content (AvgIpc) is 2.19. The van der Waals surface area contributed by atoms with E-state index in [9.17, 15) is 4.79 Å². The minimum atomic E-state index is -0.0873. The van der Waals surface area contributed by atoms with Gasteiger partial charge in [0.05, 0.1) is 0 Å². The molecule has 1 N–H and O–H groups in total. The zero-order valence-corrected chi connectivity index (χ0v) is 9.86. The minimum absolute atomic E-state index is 0.0873. The number of hydrogen-bond donors (Lipinski definition) is 1. The van der Waals surface area contributed by atoms with Crippen molar-refractivity contribution in [3.05, 3.63) is 36.6 Å². The number of hydrogen-bond acceptors (Lipinski definition) is 1. The first-order chi connectivity index (χ1) is 7.16. The monoisotopic (exact) mass is 207 g/mol. The van der Waals surface area contributed by atoms with Crippen LogP contribution in [0.15, 0.2) is 36.6 Å². The van der Waals surface area contributed by atoms with Crippen LogP contribution in [0.5, 0.6) is 0 Å². The predicted octanol–water partition coefficient (Wildman–Crippen LogP) is 3.18. The number of carbonyl (C=O) groups excluding carboxylic acids is 1. The molecule has 0 aromatic carbocycles. The summed E-state index contributed by atoms with van der Waals surface area (Å²) in [6, 6.07) is 0. The Balaban J connectivity index is 3.70. The lowest BCUT2D eigenvalue weighted by Crippen LogP contribution is -2.13. The van der Waals surface area contributed by atoms with Crippen LogP contribution in [0.1, 0.15) is 33.6 Å². The smallest absolute Gasteiger partial charge is 0.247 e. The van der Waals surface area contributed by atoms with Gasteiger partial charge in [-0.2, -0.15) is 0 Å². The largest absolute Gasteiger partial charge is 0.329 e. The Morgan fingerprint density at radius 2 is 2.00 bits per heavy atom. The summed E-state index contributed by atoms with van der Waals surface area (Å²) in [6.07, 6.45) is 12.8. The Kier molecular flexibility index (Phi) is 8.44. The Hall–Kier alpha value is -1.31. The second-order valence-corrected chi connectivity index (χ2v) is 3.74. The highest BCUT2D eigenvalue weighted by atomic mass is 16.1. The van der Waals surface area contributed by atoms with Crippen molar-refractivity contribution in [1.82, 2.24) is 5.32 Å². The second kappa shape index (κ2) is 9.25. The highest BCUT2D eigenvalue weighted by Gasteiger charge is 1.89. The highest BCUT2D eigenvalue weighted by molar-refractivity contribution is 5.88. The summed E-state index contributed by atoms with van der Waals surface area (Å²) in [5, 5.41) is 2.67. The molecule has 0 aliphatic heterocycles. The topological polar surface area (TPSA) is 29.1 Å². The number of amides is 1. The lowest BCUT2D eigenvalue weighted by Gasteiger charge is -1.96. The fraction of sp³-hybridized carbons (Fsp3) is 0.462. The van der Waals surface area contributed by atoms with E-state index in [1.807, 2.05) is 18.2 Å². The third kappa shape index (κ3) is 10.6. The summed E-state index contributed by atoms with van der Waals surface area (Å²) in [4.78, 5) is 11.2. The summed E-state index contributed by atoms with van der Waals surface area (Å²) >= 11 is 0. The summed E-state index contributed by atoms with van der Waals surface area (Å²) in [5.74, 6) is 0.539. The lowest BCUT2D eigenvalue weighted by molar-refractivity contribution is -0.115. The molecule has 0 radical (unpaired) electrons. The third-order valence-corrected chi connectivity index (χ3v) is 1.68. The van der Waals surface area contributed by atoms with Gasteiger partial charge in [-0.1, -0.05) is 45.1 Å². The van der Waals surface area contributed by atoms with Crippen molar-refractivity contribution >= 4 is 5.91 Å². The van der Waals surface area contributed by atoms with Crippen LogP contribution in [-0.4, -0.2) is 5.91 Å². The van der Waals surface area contributed by atoms with Gasteiger partial charge < -0.3 is 5.32 Å². The Bertz CT molecular complexity index is 249. The van der Waals surface area contributed by atoms with E-state index in [1.165, 1.54) is 6.08 Å². The van der Waals surface area contributed by atoms with Gasteiger partial charge in [-0.05, 0) is 18.8 Å². The number of carbonyl (C=O) groups is 1. The van der Waals surface area contributed by atoms with E-state index in [-0.39, 0.29) is 5.91 Å². The Labute approximate surface area is 92.8 Å². The van der Waals surface area contributed by atoms with Crippen molar-refractivity contribution < 1.29 is 4.79 Å². The van der Waals surface area contributed by atoms with E-state index < -0.39 is 0 Å². The summed E-state index contributed by atoms with van der Waals surface area (Å²) in [6.45, 7) is 6.34. The molecule has 0 unspecified atom stereocenters. The first-order valence-corrected chi connectivity index (χ1v) is 5.45. The van der Waals surface area contributed by atoms with Gasteiger partial charge in [0.25, 0.3) is 0 Å². The number of rotatable bonds is 6. The van der Waals surface area contributed by atoms with Crippen molar-refractivity contribution in [1.29, 1.82) is 0 Å². The van der Waals surface area contributed by atoms with Crippen molar-refractivity contribution in [2.24, 2.45) is 5.92 Å². The van der Waals surface area contributed by atoms with E-state index >= 15 is 0 Å². The van der Waals surface area contributed by atoms with E-state index in [2.05, 4.69) is 26.1 Å². The van der Waals surface area contributed by atoms with Crippen LogP contribution >= 0.6 is 0 Å². The molecule has 0 atom stereocenters. The molecule has 0 spiro atoms. The van der Waals surface area contributed by atoms with Crippen LogP contribution in [0.2, 0.25) is 0 Å². The first kappa shape index (κ1) is 13.7. The van der Waals surface area contributed by atoms with Gasteiger partial charge in [-0.3, -0.25) is 4.79 Å². The molecule has 1 amide bonds. The van der Waals surface area contributed by atoms with Gasteiger partial charge in [-0.25, -0.2) is 0 Å². The van der Waals surface area contributed by atoms with E-state index in [0.29, 0.717) is 5.92 Å². The molecule has 0 bridgehead atoms. The molecule has 2 nitrogen and oxygen atoms in total. The maximum Gasteiger partial charge on any atom is 0.247 e. The summed E-state index contributed by atoms with van der Waals surface area (Å²) in [7, 11) is 0. The van der Waals surface area contributed by atoms with Crippen LogP contribution in [0.4, 0.5) is 0 Å². The quantitative estimate of drug-likeness (QED) is 0.526. The van der Waals surface area contributed by atoms with Crippen molar-refractivity contribution in [2.75, 3.05) is 0 Å². The maximum absolute atomic E-state index is 11.2. The van der Waals surface area contributed by atoms with Crippen LogP contribution in [0.3, 0.4) is 0 Å². The SMILES string of the molecule is CC/C=C\C=C/C(=O)N/C=C\CC(C)C. The molecular formula is C13H21NO. The molecule has 0 heterocycles. The molecule has 2 heteroatoms. The van der Waals surface area contributed by atoms with Crippen LogP contribution in [-0.2, 0) is 4.79 Å². The first-order valence-electron chi connectivity index (χ1n) is 5.45. The molecule has 84 valence electrons. The summed E-state index contributed by atoms with van der Waals surface area (Å²) in [5.41, 5.74) is 0. The molecule has 15 heavy (non-hydrogen) atoms. The molecule has 0 aliphatic rings. The second-order valence-electron chi connectivity index (χ2n) is 3.74. The van der Waals surface area contributed by atoms with Gasteiger partial charge in [-0.15, -0.1) is 0 Å². The number of allylic oxidation sites excluding steroid dienone is 4. The molecule has 0 fully saturated rings. The summed E-state index contributed by atoms with van der Waals surface area (Å²) < 4.78 is 0. The molecule has 0 aromatic rings. The Morgan fingerprint density at radius 3 is 2.60 bits per heavy atom. The standard InChI is InChI=1S/C13H21NO/c1-4-5-6-7-10-13(15)14-11-8-9-12(2)3/h5-8,10-12H,4,9H2,1-3H3,(H,14,15)/b6-5-,10-7-,11-8-. The minimum Gasteiger partial charge on any atom is -0.329 e. The molecule has 0 saturated carbocycles. The zero-order chi connectivity index (χ0) is 11.5. The molecule has 0 saturated heterocycles. The lowest BCUT2D eigenvalue weighted by atomic mass is 10.1. The fourth-order valence-corrected chi connectivity index (χ4v) is 0.887. The van der Waals surface area contributed by atoms with Crippen LogP contribution in [0.25, 0.3) is 0 Å². The van der Waals surface area contributed by atoms with Gasteiger partial charge in [0.15, 0.2) is 0 Å². The normalized spacial score (nSPS) is 12.3. The zero-order valence-electron chi connectivity index (χ0n) is 9.86. The van der Waals surface area contributed by atoms with E-state index in [1.54, 1.807) is 12.3 Å². The fourth-order valence-electron chi connectivity index (χ4n) is 0.887. The number of nitrogens with one attached hydrogen (secondary N) is 1. The van der Waals surface area contributed by atoms with Crippen molar-refractivity contribution in [3.8, 4) is 0 Å². The van der Waals surface area contributed by atoms with Crippen molar-refractivity contribution in [2.45, 2.75) is 33.6 Å². The molecule has 0 rings (SSSR count). The van der Waals surface area contributed by atoms with Gasteiger partial charge in [0.2, 0.25) is 5.91 Å². The maximum atomic E-state index is 11.2. The van der Waals surface area contributed by atoms with Crippen molar-refractivity contribution in [3.63, 3.8) is 0 Å². The third-order valence-electron chi connectivity index (χ3n) is 1.68. The van der Waals surface area contributed by atoms with E-state index in [4.69, 9.17) is 0 Å². The molecular weight excluding hydrogens is 186 g/mol. The van der Waals surface area contributed by atoms with E-state index in [0.717, 1.165) is 12.8 Å².